The van der Waals surface area contributed by atoms with Crippen LogP contribution in [0.2, 0.25) is 0 Å². The third kappa shape index (κ3) is 10.5. The van der Waals surface area contributed by atoms with Crippen molar-refractivity contribution in [3.8, 4) is 89.9 Å². The number of rotatable bonds is 13. The topological polar surface area (TPSA) is 57.1 Å². The molecule has 10 rings (SSSR count). The van der Waals surface area contributed by atoms with Gasteiger partial charge in [0.25, 0.3) is 0 Å². The fourth-order valence-electron chi connectivity index (χ4n) is 8.47. The molecule has 0 unspecified atom stereocenters. The molecular weight excluding hydrogens is 1020 g/mol. The van der Waals surface area contributed by atoms with E-state index < -0.39 is 11.2 Å². The van der Waals surface area contributed by atoms with Gasteiger partial charge in [0.05, 0.1) is 16.9 Å². The molecule has 7 aromatic carbocycles. The summed E-state index contributed by atoms with van der Waals surface area (Å²) < 4.78 is 13.9. The maximum absolute atomic E-state index is 6.97. The first-order valence-corrected chi connectivity index (χ1v) is 22.8. The molecule has 6 heteroatoms. The average molecular weight is 1070 g/mol. The third-order valence-corrected chi connectivity index (χ3v) is 12.2. The molecule has 69 heavy (non-hydrogen) atoms. The predicted octanol–water partition coefficient (Wildman–Crippen LogP) is 15.6. The largest absolute Gasteiger partial charge is 3.00 e. The predicted molar refractivity (Wildman–Crippen MR) is 275 cm³/mol. The van der Waals surface area contributed by atoms with Crippen molar-refractivity contribution in [2.24, 2.45) is 0 Å². The van der Waals surface area contributed by atoms with Gasteiger partial charge in [-0.3, -0.25) is 4.98 Å². The Morgan fingerprint density at radius 1 is 0.362 bits per heavy atom. The van der Waals surface area contributed by atoms with Gasteiger partial charge < -0.3 is 19.4 Å². The summed E-state index contributed by atoms with van der Waals surface area (Å²) in [6.45, 7) is 8.30. The maximum atomic E-state index is 6.97. The second kappa shape index (κ2) is 20.2. The number of pyridine rings is 3. The van der Waals surface area contributed by atoms with Crippen molar-refractivity contribution in [2.45, 2.75) is 38.9 Å². The van der Waals surface area contributed by atoms with Crippen molar-refractivity contribution in [1.82, 2.24) is 15.0 Å². The second-order valence-electron chi connectivity index (χ2n) is 17.7. The Labute approximate surface area is 418 Å². The molecular formula is C63H48IrN3O2. The second-order valence-corrected chi connectivity index (χ2v) is 17.7. The van der Waals surface area contributed by atoms with E-state index >= 15 is 0 Å². The van der Waals surface area contributed by atoms with Gasteiger partial charge in [0.2, 0.25) is 0 Å². The molecule has 10 aromatic rings. The zero-order valence-electron chi connectivity index (χ0n) is 38.8. The van der Waals surface area contributed by atoms with Gasteiger partial charge in [0.15, 0.2) is 0 Å². The van der Waals surface area contributed by atoms with E-state index in [1.807, 2.05) is 91.0 Å². The number of hydrogen-bond donors (Lipinski definition) is 0. The number of aromatic nitrogens is 3. The zero-order valence-corrected chi connectivity index (χ0v) is 41.2. The standard InChI is InChI=1S/C63H48N3O2.Ir/c1-62(2,52-33-29-47(30-34-52)58-23-13-15-37-64-58)67-54-39-51(40-55(43-54)68-63(3,4)53-35-31-48(32-36-53)59-24-14-16-38-65-59)57-22-12-11-21-56(57)45-25-27-49(28-26-45)61-42-50(44-17-7-5-8-18-44)41-60(66-61)46-19-9-6-10-20-46;/h5-27,29,31,33-43H,1-4H3;/q-3;+3. The molecule has 0 radical (unpaired) electrons. The molecule has 0 saturated heterocycles. The summed E-state index contributed by atoms with van der Waals surface area (Å²) in [7, 11) is 0. The number of nitrogens with zero attached hydrogens (tertiary/aromatic N) is 3. The normalized spacial score (nSPS) is 11.4. The molecule has 0 aliphatic heterocycles. The van der Waals surface area contributed by atoms with Crippen molar-refractivity contribution in [2.75, 3.05) is 0 Å². The Hall–Kier alpha value is -7.76. The van der Waals surface area contributed by atoms with Gasteiger partial charge in [0.1, 0.15) is 11.5 Å². The van der Waals surface area contributed by atoms with Crippen LogP contribution in [0, 0.1) is 18.2 Å². The van der Waals surface area contributed by atoms with Crippen molar-refractivity contribution < 1.29 is 29.6 Å². The number of ether oxygens (including phenoxy) is 2. The molecule has 0 fully saturated rings. The summed E-state index contributed by atoms with van der Waals surface area (Å²) in [5.41, 5.74) is 14.1. The summed E-state index contributed by atoms with van der Waals surface area (Å²) in [6, 6.07) is 80.5. The summed E-state index contributed by atoms with van der Waals surface area (Å²) in [6.07, 6.45) is 3.59. The molecule has 5 nitrogen and oxygen atoms in total. The van der Waals surface area contributed by atoms with Crippen LogP contribution < -0.4 is 9.47 Å². The van der Waals surface area contributed by atoms with Gasteiger partial charge in [0, 0.05) is 18.5 Å². The summed E-state index contributed by atoms with van der Waals surface area (Å²) in [4.78, 5) is 14.2. The van der Waals surface area contributed by atoms with Crippen LogP contribution in [-0.2, 0) is 31.3 Å². The van der Waals surface area contributed by atoms with Crippen molar-refractivity contribution >= 4 is 0 Å². The Balaban J connectivity index is 0.00000593. The van der Waals surface area contributed by atoms with E-state index in [0.29, 0.717) is 11.5 Å². The van der Waals surface area contributed by atoms with Gasteiger partial charge in [-0.25, -0.2) is 0 Å². The first-order chi connectivity index (χ1) is 33.1. The van der Waals surface area contributed by atoms with Crippen LogP contribution in [0.15, 0.2) is 219 Å². The van der Waals surface area contributed by atoms with Gasteiger partial charge in [-0.05, 0) is 103 Å². The number of benzene rings is 7. The Morgan fingerprint density at radius 2 is 0.826 bits per heavy atom. The van der Waals surface area contributed by atoms with Crippen LogP contribution in [-0.4, -0.2) is 15.0 Å². The first kappa shape index (κ1) is 46.4. The first-order valence-electron chi connectivity index (χ1n) is 22.8. The van der Waals surface area contributed by atoms with Crippen molar-refractivity contribution in [1.29, 1.82) is 0 Å². The summed E-state index contributed by atoms with van der Waals surface area (Å²) >= 11 is 0. The zero-order chi connectivity index (χ0) is 46.5. The average Bonchev–Trinajstić information content (AvgIpc) is 3.39. The van der Waals surface area contributed by atoms with Crippen LogP contribution in [0.1, 0.15) is 38.8 Å². The Morgan fingerprint density at radius 3 is 1.32 bits per heavy atom. The smallest absolute Gasteiger partial charge is 0.492 e. The van der Waals surface area contributed by atoms with Crippen LogP contribution in [0.5, 0.6) is 11.5 Å². The molecule has 0 atom stereocenters. The van der Waals surface area contributed by atoms with Gasteiger partial charge >= 0.3 is 20.1 Å². The van der Waals surface area contributed by atoms with E-state index in [-0.39, 0.29) is 20.1 Å². The minimum absolute atomic E-state index is 0. The van der Waals surface area contributed by atoms with E-state index in [9.17, 15) is 0 Å². The minimum atomic E-state index is -0.725. The SMILES string of the molecule is CC(C)(Oc1cc(OC(C)(C)c2c[c-]c(-c3ccccn3)cc2)cc(-c2ccccc2-c2c[c-]c(-c3cc(-c4ccccc4)cc(-c4ccccc4)n3)cc2)c1)c1c[c-]c(-c2ccccn2)cc1.[Ir+3]. The van der Waals surface area contributed by atoms with Crippen LogP contribution in [0.25, 0.3) is 78.4 Å². The summed E-state index contributed by atoms with van der Waals surface area (Å²) in [5.74, 6) is 1.33. The van der Waals surface area contributed by atoms with E-state index in [4.69, 9.17) is 14.5 Å². The summed E-state index contributed by atoms with van der Waals surface area (Å²) in [5, 5.41) is 0. The molecule has 0 aliphatic rings. The quantitative estimate of drug-likeness (QED) is 0.108. The number of hydrogen-bond acceptors (Lipinski definition) is 5. The molecule has 336 valence electrons. The van der Waals surface area contributed by atoms with E-state index in [1.165, 1.54) is 0 Å². The molecule has 0 saturated carbocycles. The fourth-order valence-corrected chi connectivity index (χ4v) is 8.47. The monoisotopic (exact) mass is 1070 g/mol. The van der Waals surface area contributed by atoms with Gasteiger partial charge in [-0.2, -0.15) is 0 Å². The maximum Gasteiger partial charge on any atom is 3.00 e. The molecule has 0 N–H and O–H groups in total. The van der Waals surface area contributed by atoms with E-state index in [1.54, 1.807) is 12.4 Å². The van der Waals surface area contributed by atoms with Crippen LogP contribution in [0.3, 0.4) is 0 Å². The Bertz CT molecular complexity index is 3120. The minimum Gasteiger partial charge on any atom is -0.492 e. The van der Waals surface area contributed by atoms with E-state index in [2.05, 4.69) is 171 Å². The van der Waals surface area contributed by atoms with Crippen molar-refractivity contribution in [3.63, 3.8) is 0 Å². The van der Waals surface area contributed by atoms with Crippen LogP contribution in [0.4, 0.5) is 0 Å². The molecule has 3 heterocycles. The Kier molecular flexibility index (Phi) is 13.6. The molecule has 0 amide bonds. The fraction of sp³-hybridized carbons (Fsp3) is 0.0952. The van der Waals surface area contributed by atoms with Gasteiger partial charge in [-0.1, -0.05) is 138 Å². The van der Waals surface area contributed by atoms with Crippen LogP contribution >= 0.6 is 0 Å². The molecule has 3 aromatic heterocycles. The molecule has 0 aliphatic carbocycles. The molecule has 0 bridgehead atoms. The third-order valence-electron chi connectivity index (χ3n) is 12.2. The van der Waals surface area contributed by atoms with Crippen molar-refractivity contribution in [3.05, 3.63) is 248 Å². The molecule has 0 spiro atoms. The van der Waals surface area contributed by atoms with Gasteiger partial charge in [-0.15, -0.1) is 89.5 Å². The van der Waals surface area contributed by atoms with E-state index in [0.717, 1.165) is 89.5 Å².